The van der Waals surface area contributed by atoms with E-state index in [4.69, 9.17) is 4.74 Å². The first-order valence-corrected chi connectivity index (χ1v) is 11.8. The van der Waals surface area contributed by atoms with E-state index in [2.05, 4.69) is 24.1 Å². The van der Waals surface area contributed by atoms with Crippen molar-refractivity contribution in [2.75, 3.05) is 6.61 Å². The summed E-state index contributed by atoms with van der Waals surface area (Å²) in [6.07, 6.45) is 24.8. The van der Waals surface area contributed by atoms with Crippen LogP contribution < -0.4 is 0 Å². The molecule has 1 heterocycles. The number of aliphatic imine (C=N–C) groups is 1. The molecule has 0 amide bonds. The van der Waals surface area contributed by atoms with E-state index in [1.807, 2.05) is 6.92 Å². The average molecular weight is 380 g/mol. The van der Waals surface area contributed by atoms with Gasteiger partial charge in [0.2, 0.25) is 0 Å². The lowest BCUT2D eigenvalue weighted by Crippen LogP contribution is -2.24. The molecule has 0 bridgehead atoms. The number of unbranched alkanes of at least 4 members (excludes halogenated alkanes) is 12. The number of hydrogen-bond acceptors (Lipinski definition) is 3. The Kier molecular flexibility index (Phi) is 15.5. The zero-order chi connectivity index (χ0) is 19.6. The van der Waals surface area contributed by atoms with E-state index in [0.29, 0.717) is 6.61 Å². The van der Waals surface area contributed by atoms with E-state index in [1.165, 1.54) is 83.5 Å². The van der Waals surface area contributed by atoms with Crippen molar-refractivity contribution in [3.8, 4) is 0 Å². The summed E-state index contributed by atoms with van der Waals surface area (Å²) in [5.74, 6) is 0.864. The van der Waals surface area contributed by atoms with Crippen LogP contribution in [0, 0.1) is 0 Å². The molecule has 1 aliphatic rings. The Morgan fingerprint density at radius 3 is 2.04 bits per heavy atom. The Hall–Kier alpha value is -0.830. The van der Waals surface area contributed by atoms with Crippen molar-refractivity contribution in [3.63, 3.8) is 0 Å². The van der Waals surface area contributed by atoms with Gasteiger partial charge in [-0.25, -0.2) is 4.99 Å². The number of hydrogen-bond donors (Lipinski definition) is 1. The van der Waals surface area contributed by atoms with Crippen LogP contribution in [-0.4, -0.2) is 29.8 Å². The van der Waals surface area contributed by atoms with Gasteiger partial charge in [0.25, 0.3) is 0 Å². The molecule has 3 heteroatoms. The van der Waals surface area contributed by atoms with Gasteiger partial charge in [0.05, 0.1) is 6.10 Å². The molecule has 3 nitrogen and oxygen atoms in total. The fraction of sp³-hybridized carbons (Fsp3) is 0.875. The Bertz CT molecular complexity index is 392. The van der Waals surface area contributed by atoms with Crippen LogP contribution in [0.15, 0.2) is 17.1 Å². The number of aliphatic hydroxyl groups excluding tert-OH is 1. The Labute approximate surface area is 168 Å². The fourth-order valence-corrected chi connectivity index (χ4v) is 3.57. The highest BCUT2D eigenvalue weighted by Gasteiger charge is 2.24. The summed E-state index contributed by atoms with van der Waals surface area (Å²) in [6.45, 7) is 4.83. The fourth-order valence-electron chi connectivity index (χ4n) is 3.57. The lowest BCUT2D eigenvalue weighted by atomic mass is 10.1. The third-order valence-electron chi connectivity index (χ3n) is 5.50. The molecule has 0 spiro atoms. The minimum atomic E-state index is -0.345. The quantitative estimate of drug-likeness (QED) is 0.206. The minimum absolute atomic E-state index is 0.0286. The monoisotopic (exact) mass is 379 g/mol. The van der Waals surface area contributed by atoms with Crippen LogP contribution in [0.1, 0.15) is 117 Å². The van der Waals surface area contributed by atoms with Crippen LogP contribution in [0.25, 0.3) is 0 Å². The van der Waals surface area contributed by atoms with Crippen molar-refractivity contribution in [1.29, 1.82) is 0 Å². The maximum Gasteiger partial charge on any atom is 0.183 e. The normalized spacial score (nSPS) is 18.0. The van der Waals surface area contributed by atoms with Crippen molar-refractivity contribution in [2.24, 2.45) is 4.99 Å². The van der Waals surface area contributed by atoms with Crippen LogP contribution in [0.3, 0.4) is 0 Å². The van der Waals surface area contributed by atoms with Gasteiger partial charge in [-0.1, -0.05) is 83.8 Å². The standard InChI is InChI=1S/C24H45NO2/c1-3-5-6-7-8-9-10-11-12-13-14-15-16-17-18-19-20-24-25-22(21-27-24)23(26)4-2/h11-12,22-23,26H,3-10,13-21H2,1-2H3/b12-11-. The number of rotatable bonds is 18. The van der Waals surface area contributed by atoms with E-state index in [0.717, 1.165) is 25.2 Å². The van der Waals surface area contributed by atoms with Gasteiger partial charge in [0.15, 0.2) is 5.90 Å². The molecule has 0 saturated heterocycles. The van der Waals surface area contributed by atoms with Crippen molar-refractivity contribution >= 4 is 5.90 Å². The zero-order valence-electron chi connectivity index (χ0n) is 18.1. The van der Waals surface area contributed by atoms with Gasteiger partial charge in [-0.2, -0.15) is 0 Å². The molecule has 2 atom stereocenters. The maximum absolute atomic E-state index is 9.80. The third-order valence-corrected chi connectivity index (χ3v) is 5.50. The first-order chi connectivity index (χ1) is 13.3. The molecule has 0 aromatic carbocycles. The lowest BCUT2D eigenvalue weighted by molar-refractivity contribution is 0.124. The smallest absolute Gasteiger partial charge is 0.183 e. The summed E-state index contributed by atoms with van der Waals surface area (Å²) >= 11 is 0. The summed E-state index contributed by atoms with van der Waals surface area (Å²) in [6, 6.07) is -0.0286. The highest BCUT2D eigenvalue weighted by Crippen LogP contribution is 2.16. The minimum Gasteiger partial charge on any atom is -0.479 e. The molecule has 1 rings (SSSR count). The molecule has 0 aliphatic carbocycles. The predicted octanol–water partition coefficient (Wildman–Crippen LogP) is 6.98. The highest BCUT2D eigenvalue weighted by atomic mass is 16.5. The van der Waals surface area contributed by atoms with Gasteiger partial charge in [-0.3, -0.25) is 0 Å². The van der Waals surface area contributed by atoms with E-state index in [-0.39, 0.29) is 12.1 Å². The molecule has 27 heavy (non-hydrogen) atoms. The molecule has 0 aromatic rings. The molecule has 0 aromatic heterocycles. The summed E-state index contributed by atoms with van der Waals surface area (Å²) < 4.78 is 5.60. The number of nitrogens with zero attached hydrogens (tertiary/aromatic N) is 1. The van der Waals surface area contributed by atoms with E-state index in [9.17, 15) is 5.11 Å². The molecular weight excluding hydrogens is 334 g/mol. The number of ether oxygens (including phenoxy) is 1. The van der Waals surface area contributed by atoms with E-state index >= 15 is 0 Å². The van der Waals surface area contributed by atoms with Gasteiger partial charge < -0.3 is 9.84 Å². The largest absolute Gasteiger partial charge is 0.479 e. The Morgan fingerprint density at radius 1 is 0.889 bits per heavy atom. The SMILES string of the molecule is CCCCCCCC/C=C\CCCCCCCCC1=NC(C(O)CC)CO1. The molecule has 0 saturated carbocycles. The van der Waals surface area contributed by atoms with Crippen LogP contribution in [0.5, 0.6) is 0 Å². The second-order valence-corrected chi connectivity index (χ2v) is 8.06. The lowest BCUT2D eigenvalue weighted by Gasteiger charge is -2.10. The maximum atomic E-state index is 9.80. The van der Waals surface area contributed by atoms with E-state index < -0.39 is 0 Å². The first-order valence-electron chi connectivity index (χ1n) is 11.8. The van der Waals surface area contributed by atoms with Gasteiger partial charge in [-0.05, 0) is 38.5 Å². The summed E-state index contributed by atoms with van der Waals surface area (Å²) in [7, 11) is 0. The first kappa shape index (κ1) is 24.2. The topological polar surface area (TPSA) is 41.8 Å². The molecule has 158 valence electrons. The van der Waals surface area contributed by atoms with E-state index in [1.54, 1.807) is 0 Å². The second kappa shape index (κ2) is 17.3. The van der Waals surface area contributed by atoms with Crippen molar-refractivity contribution in [1.82, 2.24) is 0 Å². The molecular formula is C24H45NO2. The van der Waals surface area contributed by atoms with Gasteiger partial charge in [0.1, 0.15) is 12.6 Å². The zero-order valence-corrected chi connectivity index (χ0v) is 18.1. The molecule has 0 radical (unpaired) electrons. The van der Waals surface area contributed by atoms with Gasteiger partial charge in [-0.15, -0.1) is 0 Å². The van der Waals surface area contributed by atoms with Crippen LogP contribution >= 0.6 is 0 Å². The molecule has 0 fully saturated rings. The molecule has 1 aliphatic heterocycles. The van der Waals surface area contributed by atoms with Crippen molar-refractivity contribution in [3.05, 3.63) is 12.2 Å². The number of aliphatic hydroxyl groups is 1. The van der Waals surface area contributed by atoms with Crippen molar-refractivity contribution in [2.45, 2.75) is 129 Å². The third kappa shape index (κ3) is 13.1. The van der Waals surface area contributed by atoms with Crippen molar-refractivity contribution < 1.29 is 9.84 Å². The highest BCUT2D eigenvalue weighted by molar-refractivity contribution is 5.77. The summed E-state index contributed by atoms with van der Waals surface area (Å²) in [5.41, 5.74) is 0. The van der Waals surface area contributed by atoms with Crippen LogP contribution in [0.4, 0.5) is 0 Å². The predicted molar refractivity (Wildman–Crippen MR) is 118 cm³/mol. The van der Waals surface area contributed by atoms with Gasteiger partial charge in [0, 0.05) is 6.42 Å². The second-order valence-electron chi connectivity index (χ2n) is 8.06. The number of allylic oxidation sites excluding steroid dienone is 2. The average Bonchev–Trinajstić information content (AvgIpc) is 3.16. The van der Waals surface area contributed by atoms with Crippen LogP contribution in [-0.2, 0) is 4.74 Å². The molecule has 2 unspecified atom stereocenters. The summed E-state index contributed by atoms with van der Waals surface area (Å²) in [5, 5.41) is 9.80. The Balaban J connectivity index is 1.82. The van der Waals surface area contributed by atoms with Gasteiger partial charge >= 0.3 is 0 Å². The Morgan fingerprint density at radius 2 is 1.44 bits per heavy atom. The molecule has 1 N–H and O–H groups in total. The summed E-state index contributed by atoms with van der Waals surface area (Å²) in [4.78, 5) is 4.50. The van der Waals surface area contributed by atoms with Crippen LogP contribution in [0.2, 0.25) is 0 Å².